The summed E-state index contributed by atoms with van der Waals surface area (Å²) < 4.78 is 5.76. The minimum atomic E-state index is -0.447. The van der Waals surface area contributed by atoms with Crippen molar-refractivity contribution in [3.63, 3.8) is 0 Å². The number of carbonyl (C=O) groups excluding carboxylic acids is 1. The van der Waals surface area contributed by atoms with Crippen LogP contribution in [0.15, 0.2) is 36.9 Å². The Morgan fingerprint density at radius 2 is 2.10 bits per heavy atom. The maximum atomic E-state index is 12.4. The first-order valence-corrected chi connectivity index (χ1v) is 7.45. The monoisotopic (exact) mass is 288 g/mol. The molecule has 0 aliphatic carbocycles. The highest BCUT2D eigenvalue weighted by molar-refractivity contribution is 5.81. The fourth-order valence-electron chi connectivity index (χ4n) is 2.53. The number of nitrogens with zero attached hydrogens (tertiary/aromatic N) is 2. The van der Waals surface area contributed by atoms with Crippen LogP contribution in [0.1, 0.15) is 12.5 Å². The molecule has 1 amide bonds. The van der Waals surface area contributed by atoms with Gasteiger partial charge in [0.25, 0.3) is 5.91 Å². The summed E-state index contributed by atoms with van der Waals surface area (Å²) in [7, 11) is 0. The smallest absolute Gasteiger partial charge is 0.263 e. The number of benzene rings is 1. The molecule has 1 aromatic carbocycles. The molecule has 114 valence electrons. The first kappa shape index (κ1) is 15.6. The van der Waals surface area contributed by atoms with E-state index in [0.717, 1.165) is 44.0 Å². The van der Waals surface area contributed by atoms with Gasteiger partial charge in [0.15, 0.2) is 6.10 Å². The maximum absolute atomic E-state index is 12.4. The van der Waals surface area contributed by atoms with Crippen molar-refractivity contribution < 1.29 is 9.53 Å². The van der Waals surface area contributed by atoms with E-state index in [4.69, 9.17) is 4.74 Å². The molecular weight excluding hydrogens is 264 g/mol. The van der Waals surface area contributed by atoms with Gasteiger partial charge in [-0.25, -0.2) is 0 Å². The zero-order valence-electron chi connectivity index (χ0n) is 12.9. The van der Waals surface area contributed by atoms with Gasteiger partial charge in [0, 0.05) is 32.7 Å². The first-order valence-electron chi connectivity index (χ1n) is 7.45. The highest BCUT2D eigenvalue weighted by atomic mass is 16.5. The molecule has 1 fully saturated rings. The number of aryl methyl sites for hydroxylation is 1. The lowest BCUT2D eigenvalue weighted by Crippen LogP contribution is -2.51. The van der Waals surface area contributed by atoms with Gasteiger partial charge in [0.2, 0.25) is 0 Å². The minimum absolute atomic E-state index is 0.0646. The third-order valence-electron chi connectivity index (χ3n) is 3.72. The van der Waals surface area contributed by atoms with Crippen LogP contribution in [0.5, 0.6) is 5.75 Å². The molecule has 0 N–H and O–H groups in total. The molecule has 1 heterocycles. The van der Waals surface area contributed by atoms with E-state index in [1.54, 1.807) is 0 Å². The molecule has 1 saturated heterocycles. The maximum Gasteiger partial charge on any atom is 0.263 e. The predicted octanol–water partition coefficient (Wildman–Crippen LogP) is 2.09. The zero-order chi connectivity index (χ0) is 15.2. The largest absolute Gasteiger partial charge is 0.481 e. The Hall–Kier alpha value is -1.81. The lowest BCUT2D eigenvalue weighted by atomic mass is 10.2. The molecule has 1 aliphatic rings. The van der Waals surface area contributed by atoms with Crippen molar-refractivity contribution in [3.8, 4) is 5.75 Å². The topological polar surface area (TPSA) is 32.8 Å². The van der Waals surface area contributed by atoms with E-state index in [1.165, 1.54) is 0 Å². The van der Waals surface area contributed by atoms with Crippen molar-refractivity contribution in [2.24, 2.45) is 0 Å². The SMILES string of the molecule is C=CCN1CCN(C(=O)C(C)Oc2cccc(C)c2)CC1. The molecule has 4 nitrogen and oxygen atoms in total. The van der Waals surface area contributed by atoms with Crippen LogP contribution in [0.2, 0.25) is 0 Å². The summed E-state index contributed by atoms with van der Waals surface area (Å²) in [4.78, 5) is 16.6. The number of amides is 1. The number of piperazine rings is 1. The van der Waals surface area contributed by atoms with Crippen LogP contribution in [0, 0.1) is 6.92 Å². The van der Waals surface area contributed by atoms with Gasteiger partial charge in [-0.3, -0.25) is 9.69 Å². The van der Waals surface area contributed by atoms with Crippen LogP contribution < -0.4 is 4.74 Å². The molecule has 0 aromatic heterocycles. The minimum Gasteiger partial charge on any atom is -0.481 e. The highest BCUT2D eigenvalue weighted by Gasteiger charge is 2.25. The molecule has 2 rings (SSSR count). The summed E-state index contributed by atoms with van der Waals surface area (Å²) in [6.07, 6.45) is 1.46. The molecule has 0 radical (unpaired) electrons. The van der Waals surface area contributed by atoms with Crippen molar-refractivity contribution in [1.29, 1.82) is 0 Å². The van der Waals surface area contributed by atoms with Gasteiger partial charge < -0.3 is 9.64 Å². The molecular formula is C17H24N2O2. The van der Waals surface area contributed by atoms with Crippen molar-refractivity contribution in [2.45, 2.75) is 20.0 Å². The van der Waals surface area contributed by atoms with Gasteiger partial charge in [-0.15, -0.1) is 6.58 Å². The summed E-state index contributed by atoms with van der Waals surface area (Å²) in [6.45, 7) is 11.8. The number of carbonyl (C=O) groups is 1. The predicted molar refractivity (Wildman–Crippen MR) is 84.5 cm³/mol. The second kappa shape index (κ2) is 7.27. The third-order valence-corrected chi connectivity index (χ3v) is 3.72. The van der Waals surface area contributed by atoms with Crippen molar-refractivity contribution >= 4 is 5.91 Å². The van der Waals surface area contributed by atoms with Crippen LogP contribution in [-0.4, -0.2) is 54.5 Å². The van der Waals surface area contributed by atoms with Crippen molar-refractivity contribution in [3.05, 3.63) is 42.5 Å². The number of hydrogen-bond acceptors (Lipinski definition) is 3. The molecule has 0 bridgehead atoms. The molecule has 1 unspecified atom stereocenters. The normalized spacial score (nSPS) is 17.3. The van der Waals surface area contributed by atoms with Gasteiger partial charge >= 0.3 is 0 Å². The molecule has 1 atom stereocenters. The Morgan fingerprint density at radius 1 is 1.38 bits per heavy atom. The summed E-state index contributed by atoms with van der Waals surface area (Å²) in [5.41, 5.74) is 1.13. The number of ether oxygens (including phenoxy) is 1. The third kappa shape index (κ3) is 4.33. The molecule has 1 aromatic rings. The fraction of sp³-hybridized carbons (Fsp3) is 0.471. The fourth-order valence-corrected chi connectivity index (χ4v) is 2.53. The first-order chi connectivity index (χ1) is 10.1. The van der Waals surface area contributed by atoms with E-state index >= 15 is 0 Å². The second-order valence-electron chi connectivity index (χ2n) is 5.49. The standard InChI is InChI=1S/C17H24N2O2/c1-4-8-18-9-11-19(12-10-18)17(20)15(3)21-16-7-5-6-14(2)13-16/h4-7,13,15H,1,8-12H2,2-3H3. The Balaban J connectivity index is 1.87. The summed E-state index contributed by atoms with van der Waals surface area (Å²) in [5, 5.41) is 0. The van der Waals surface area contributed by atoms with Gasteiger partial charge in [0.05, 0.1) is 0 Å². The van der Waals surface area contributed by atoms with Crippen LogP contribution in [-0.2, 0) is 4.79 Å². The molecule has 21 heavy (non-hydrogen) atoms. The summed E-state index contributed by atoms with van der Waals surface area (Å²) in [6, 6.07) is 7.79. The van der Waals surface area contributed by atoms with Gasteiger partial charge in [-0.2, -0.15) is 0 Å². The number of rotatable bonds is 5. The van der Waals surface area contributed by atoms with Crippen LogP contribution in [0.4, 0.5) is 0 Å². The highest BCUT2D eigenvalue weighted by Crippen LogP contribution is 2.15. The Kier molecular flexibility index (Phi) is 5.39. The van der Waals surface area contributed by atoms with E-state index < -0.39 is 6.10 Å². The molecule has 0 spiro atoms. The van der Waals surface area contributed by atoms with Gasteiger partial charge in [-0.1, -0.05) is 18.2 Å². The molecule has 0 saturated carbocycles. The van der Waals surface area contributed by atoms with Crippen molar-refractivity contribution in [1.82, 2.24) is 9.80 Å². The molecule has 1 aliphatic heterocycles. The Morgan fingerprint density at radius 3 is 2.71 bits per heavy atom. The molecule has 4 heteroatoms. The van der Waals surface area contributed by atoms with Crippen molar-refractivity contribution in [2.75, 3.05) is 32.7 Å². The quantitative estimate of drug-likeness (QED) is 0.778. The van der Waals surface area contributed by atoms with Crippen LogP contribution in [0.3, 0.4) is 0 Å². The Labute approximate surface area is 127 Å². The van der Waals surface area contributed by atoms with E-state index in [-0.39, 0.29) is 5.91 Å². The van der Waals surface area contributed by atoms with E-state index in [9.17, 15) is 4.79 Å². The van der Waals surface area contributed by atoms with Crippen LogP contribution >= 0.6 is 0 Å². The van der Waals surface area contributed by atoms with E-state index in [2.05, 4.69) is 11.5 Å². The zero-order valence-corrected chi connectivity index (χ0v) is 12.9. The van der Waals surface area contributed by atoms with E-state index in [1.807, 2.05) is 49.1 Å². The lowest BCUT2D eigenvalue weighted by molar-refractivity contribution is -0.139. The average molecular weight is 288 g/mol. The Bertz CT molecular complexity index is 493. The van der Waals surface area contributed by atoms with Crippen LogP contribution in [0.25, 0.3) is 0 Å². The average Bonchev–Trinajstić information content (AvgIpc) is 2.47. The second-order valence-corrected chi connectivity index (χ2v) is 5.49. The lowest BCUT2D eigenvalue weighted by Gasteiger charge is -2.35. The summed E-state index contributed by atoms with van der Waals surface area (Å²) >= 11 is 0. The van der Waals surface area contributed by atoms with Gasteiger partial charge in [0.1, 0.15) is 5.75 Å². The summed E-state index contributed by atoms with van der Waals surface area (Å²) in [5.74, 6) is 0.816. The van der Waals surface area contributed by atoms with E-state index in [0.29, 0.717) is 0 Å². The van der Waals surface area contributed by atoms with Gasteiger partial charge in [-0.05, 0) is 31.5 Å². The number of hydrogen-bond donors (Lipinski definition) is 0.